The van der Waals surface area contributed by atoms with Crippen molar-refractivity contribution in [2.45, 2.75) is 60.1 Å². The van der Waals surface area contributed by atoms with Crippen molar-refractivity contribution in [2.75, 3.05) is 6.61 Å². The first-order valence-electron chi connectivity index (χ1n) is 6.60. The lowest BCUT2D eigenvalue weighted by molar-refractivity contribution is -0.122. The number of ketones is 1. The number of hydrogen-bond acceptors (Lipinski definition) is 4. The predicted octanol–water partition coefficient (Wildman–Crippen LogP) is 2.39. The lowest BCUT2D eigenvalue weighted by Gasteiger charge is -2.31. The van der Waals surface area contributed by atoms with Gasteiger partial charge in [0.25, 0.3) is 0 Å². The van der Waals surface area contributed by atoms with Gasteiger partial charge < -0.3 is 9.53 Å². The summed E-state index contributed by atoms with van der Waals surface area (Å²) in [7, 11) is 0. The number of carbonyl (C=O) groups excluding carboxylic acids is 1. The lowest BCUT2D eigenvalue weighted by Crippen LogP contribution is -2.35. The quantitative estimate of drug-likeness (QED) is 0.761. The molecule has 0 aliphatic heterocycles. The van der Waals surface area contributed by atoms with Crippen molar-refractivity contribution in [3.63, 3.8) is 0 Å². The number of ether oxygens (including phenoxy) is 1. The van der Waals surface area contributed by atoms with Crippen LogP contribution in [-0.4, -0.2) is 33.0 Å². The molecule has 0 aliphatic carbocycles. The highest BCUT2D eigenvalue weighted by Crippen LogP contribution is 2.24. The molecule has 0 N–H and O–H groups in total. The molecule has 1 aromatic heterocycles. The molecule has 5 nitrogen and oxygen atoms in total. The standard InChI is InChI=1S/C14H25N3O2/c1-11-8-17(16-15-11)9-14(5,6)19-10-13(3,4)7-12(2)18/h8H,7,9-10H2,1-6H3. The van der Waals surface area contributed by atoms with E-state index in [0.717, 1.165) is 5.69 Å². The van der Waals surface area contributed by atoms with Crippen molar-refractivity contribution in [3.05, 3.63) is 11.9 Å². The number of aromatic nitrogens is 3. The van der Waals surface area contributed by atoms with Gasteiger partial charge in [-0.3, -0.25) is 0 Å². The van der Waals surface area contributed by atoms with Crippen LogP contribution < -0.4 is 0 Å². The van der Waals surface area contributed by atoms with E-state index in [9.17, 15) is 4.79 Å². The maximum atomic E-state index is 11.2. The second-order valence-corrected chi connectivity index (χ2v) is 6.65. The van der Waals surface area contributed by atoms with Crippen LogP contribution in [0.4, 0.5) is 0 Å². The van der Waals surface area contributed by atoms with E-state index in [-0.39, 0.29) is 16.8 Å². The van der Waals surface area contributed by atoms with Crippen LogP contribution in [0.1, 0.15) is 46.7 Å². The van der Waals surface area contributed by atoms with Crippen LogP contribution >= 0.6 is 0 Å². The molecule has 1 rings (SSSR count). The normalized spacial score (nSPS) is 12.7. The number of nitrogens with zero attached hydrogens (tertiary/aromatic N) is 3. The third kappa shape index (κ3) is 5.96. The Hall–Kier alpha value is -1.23. The second kappa shape index (κ2) is 5.82. The van der Waals surface area contributed by atoms with E-state index in [1.807, 2.05) is 40.8 Å². The maximum Gasteiger partial charge on any atom is 0.130 e. The van der Waals surface area contributed by atoms with Gasteiger partial charge in [0.15, 0.2) is 0 Å². The summed E-state index contributed by atoms with van der Waals surface area (Å²) in [5.41, 5.74) is 0.419. The largest absolute Gasteiger partial charge is 0.373 e. The van der Waals surface area contributed by atoms with Crippen LogP contribution in [0.25, 0.3) is 0 Å². The zero-order chi connectivity index (χ0) is 14.7. The van der Waals surface area contributed by atoms with E-state index in [1.54, 1.807) is 11.6 Å². The van der Waals surface area contributed by atoms with Gasteiger partial charge in [0.05, 0.1) is 24.4 Å². The molecule has 0 unspecified atom stereocenters. The van der Waals surface area contributed by atoms with E-state index in [4.69, 9.17) is 4.74 Å². The molecular formula is C14H25N3O2. The highest BCUT2D eigenvalue weighted by molar-refractivity contribution is 5.76. The van der Waals surface area contributed by atoms with Crippen LogP contribution in [0.5, 0.6) is 0 Å². The monoisotopic (exact) mass is 267 g/mol. The van der Waals surface area contributed by atoms with Gasteiger partial charge in [0.1, 0.15) is 5.78 Å². The number of hydrogen-bond donors (Lipinski definition) is 0. The minimum atomic E-state index is -0.339. The molecule has 0 saturated carbocycles. The molecule has 108 valence electrons. The third-order valence-corrected chi connectivity index (χ3v) is 2.78. The lowest BCUT2D eigenvalue weighted by atomic mass is 9.88. The van der Waals surface area contributed by atoms with Crippen LogP contribution in [-0.2, 0) is 16.1 Å². The fourth-order valence-electron chi connectivity index (χ4n) is 2.02. The molecule has 0 aromatic carbocycles. The highest BCUT2D eigenvalue weighted by Gasteiger charge is 2.26. The SMILES string of the molecule is CC(=O)CC(C)(C)COC(C)(C)Cn1cc(C)nn1. The molecule has 1 heterocycles. The summed E-state index contributed by atoms with van der Waals surface area (Å²) < 4.78 is 7.75. The fourth-order valence-corrected chi connectivity index (χ4v) is 2.02. The Morgan fingerprint density at radius 3 is 2.47 bits per heavy atom. The van der Waals surface area contributed by atoms with Gasteiger partial charge in [-0.2, -0.15) is 0 Å². The van der Waals surface area contributed by atoms with Crippen LogP contribution in [0.3, 0.4) is 0 Å². The molecule has 0 atom stereocenters. The first-order chi connectivity index (χ1) is 8.60. The van der Waals surface area contributed by atoms with Crippen molar-refractivity contribution in [1.82, 2.24) is 15.0 Å². The average molecular weight is 267 g/mol. The highest BCUT2D eigenvalue weighted by atomic mass is 16.5. The minimum Gasteiger partial charge on any atom is -0.373 e. The van der Waals surface area contributed by atoms with E-state index < -0.39 is 0 Å². The number of Topliss-reactive ketones (excluding diaryl/α,β-unsaturated/α-hetero) is 1. The number of carbonyl (C=O) groups is 1. The molecule has 0 radical (unpaired) electrons. The number of rotatable bonds is 7. The van der Waals surface area contributed by atoms with Crippen molar-refractivity contribution >= 4 is 5.78 Å². The van der Waals surface area contributed by atoms with E-state index in [0.29, 0.717) is 19.6 Å². The summed E-state index contributed by atoms with van der Waals surface area (Å²) >= 11 is 0. The smallest absolute Gasteiger partial charge is 0.130 e. The van der Waals surface area contributed by atoms with Gasteiger partial charge in [0.2, 0.25) is 0 Å². The molecule has 0 aliphatic rings. The second-order valence-electron chi connectivity index (χ2n) is 6.65. The molecule has 5 heteroatoms. The number of aryl methyl sites for hydroxylation is 1. The summed E-state index contributed by atoms with van der Waals surface area (Å²) in [5.74, 6) is 0.193. The van der Waals surface area contributed by atoms with Crippen LogP contribution in [0.15, 0.2) is 6.20 Å². The summed E-state index contributed by atoms with van der Waals surface area (Å²) in [5, 5.41) is 7.99. The fraction of sp³-hybridized carbons (Fsp3) is 0.786. The summed E-state index contributed by atoms with van der Waals surface area (Å²) in [6, 6.07) is 0. The van der Waals surface area contributed by atoms with Crippen LogP contribution in [0.2, 0.25) is 0 Å². The van der Waals surface area contributed by atoms with Gasteiger partial charge in [-0.25, -0.2) is 4.68 Å². The van der Waals surface area contributed by atoms with E-state index >= 15 is 0 Å². The van der Waals surface area contributed by atoms with Gasteiger partial charge in [-0.15, -0.1) is 5.10 Å². The Bertz CT molecular complexity index is 436. The van der Waals surface area contributed by atoms with Gasteiger partial charge >= 0.3 is 0 Å². The van der Waals surface area contributed by atoms with Gasteiger partial charge in [0, 0.05) is 12.6 Å². The molecule has 0 saturated heterocycles. The minimum absolute atomic E-state index is 0.138. The van der Waals surface area contributed by atoms with Crippen molar-refractivity contribution in [1.29, 1.82) is 0 Å². The summed E-state index contributed by atoms with van der Waals surface area (Å²) in [4.78, 5) is 11.2. The average Bonchev–Trinajstić information content (AvgIpc) is 2.59. The first-order valence-corrected chi connectivity index (χ1v) is 6.60. The van der Waals surface area contributed by atoms with E-state index in [2.05, 4.69) is 10.3 Å². The maximum absolute atomic E-state index is 11.2. The van der Waals surface area contributed by atoms with Gasteiger partial charge in [-0.1, -0.05) is 19.1 Å². The molecule has 0 amide bonds. The van der Waals surface area contributed by atoms with Crippen LogP contribution in [0, 0.1) is 12.3 Å². The van der Waals surface area contributed by atoms with Gasteiger partial charge in [-0.05, 0) is 33.1 Å². The molecule has 0 spiro atoms. The molecule has 1 aromatic rings. The Morgan fingerprint density at radius 1 is 1.37 bits per heavy atom. The molecule has 19 heavy (non-hydrogen) atoms. The van der Waals surface area contributed by atoms with Crippen molar-refractivity contribution < 1.29 is 9.53 Å². The third-order valence-electron chi connectivity index (χ3n) is 2.78. The molecule has 0 fully saturated rings. The van der Waals surface area contributed by atoms with Crippen molar-refractivity contribution in [2.24, 2.45) is 5.41 Å². The summed E-state index contributed by atoms with van der Waals surface area (Å²) in [6.45, 7) is 12.9. The Balaban J connectivity index is 2.52. The summed E-state index contributed by atoms with van der Waals surface area (Å²) in [6.07, 6.45) is 2.43. The van der Waals surface area contributed by atoms with Crippen molar-refractivity contribution in [3.8, 4) is 0 Å². The predicted molar refractivity (Wildman–Crippen MR) is 73.9 cm³/mol. The zero-order valence-corrected chi connectivity index (χ0v) is 12.9. The Morgan fingerprint density at radius 2 is 2.00 bits per heavy atom. The zero-order valence-electron chi connectivity index (χ0n) is 12.9. The molecular weight excluding hydrogens is 242 g/mol. The first kappa shape index (κ1) is 15.8. The van der Waals surface area contributed by atoms with E-state index in [1.165, 1.54) is 0 Å². The Kier molecular flexibility index (Phi) is 4.85. The Labute approximate surface area is 115 Å². The molecule has 0 bridgehead atoms. The topological polar surface area (TPSA) is 57.0 Å².